The van der Waals surface area contributed by atoms with Crippen molar-refractivity contribution in [2.24, 2.45) is 16.8 Å². The first-order valence-corrected chi connectivity index (χ1v) is 6.97. The van der Waals surface area contributed by atoms with Crippen LogP contribution in [0.3, 0.4) is 0 Å². The molecule has 0 aromatic heterocycles. The summed E-state index contributed by atoms with van der Waals surface area (Å²) in [7, 11) is 1.71. The Morgan fingerprint density at radius 2 is 2.00 bits per heavy atom. The zero-order chi connectivity index (χ0) is 13.4. The zero-order valence-corrected chi connectivity index (χ0v) is 11.9. The molecular weight excluding hydrogens is 228 g/mol. The highest BCUT2D eigenvalue weighted by Crippen LogP contribution is 2.20. The van der Waals surface area contributed by atoms with E-state index in [0.29, 0.717) is 24.5 Å². The largest absolute Gasteiger partial charge is 0.383 e. The molecule has 1 rings (SSSR count). The maximum Gasteiger partial charge on any atom is 0.206 e. The number of nitrogens with one attached hydrogen (secondary N) is 2. The summed E-state index contributed by atoms with van der Waals surface area (Å²) in [4.78, 5) is 4.67. The molecule has 0 spiro atoms. The minimum Gasteiger partial charge on any atom is -0.383 e. The molecule has 1 saturated carbocycles. The minimum absolute atomic E-state index is 0.230. The number of nitrogens with two attached hydrogens (primary N) is 1. The molecule has 5 heteroatoms. The van der Waals surface area contributed by atoms with E-state index >= 15 is 0 Å². The fourth-order valence-electron chi connectivity index (χ4n) is 2.26. The van der Waals surface area contributed by atoms with Crippen molar-refractivity contribution in [2.75, 3.05) is 13.7 Å². The van der Waals surface area contributed by atoms with Gasteiger partial charge < -0.3 is 10.1 Å². The molecule has 1 unspecified atom stereocenters. The summed E-state index contributed by atoms with van der Waals surface area (Å²) >= 11 is 0. The van der Waals surface area contributed by atoms with E-state index in [0.717, 1.165) is 0 Å². The lowest BCUT2D eigenvalue weighted by molar-refractivity contribution is 0.155. The molecule has 0 heterocycles. The molecule has 18 heavy (non-hydrogen) atoms. The molecule has 5 nitrogen and oxygen atoms in total. The summed E-state index contributed by atoms with van der Waals surface area (Å²) in [6.07, 6.45) is 6.23. The van der Waals surface area contributed by atoms with Crippen LogP contribution >= 0.6 is 0 Å². The molecule has 0 amide bonds. The van der Waals surface area contributed by atoms with Crippen LogP contribution in [0.25, 0.3) is 0 Å². The van der Waals surface area contributed by atoms with Gasteiger partial charge in [-0.05, 0) is 18.8 Å². The van der Waals surface area contributed by atoms with Crippen molar-refractivity contribution in [1.29, 1.82) is 0 Å². The van der Waals surface area contributed by atoms with E-state index in [4.69, 9.17) is 10.6 Å². The topological polar surface area (TPSA) is 71.7 Å². The molecule has 0 bridgehead atoms. The van der Waals surface area contributed by atoms with Gasteiger partial charge in [0.05, 0.1) is 18.7 Å². The van der Waals surface area contributed by atoms with Crippen molar-refractivity contribution in [3.05, 3.63) is 0 Å². The number of hydrogen-bond acceptors (Lipinski definition) is 3. The van der Waals surface area contributed by atoms with Gasteiger partial charge in [-0.1, -0.05) is 33.1 Å². The second-order valence-corrected chi connectivity index (χ2v) is 5.36. The van der Waals surface area contributed by atoms with Crippen molar-refractivity contribution in [2.45, 2.75) is 58.0 Å². The van der Waals surface area contributed by atoms with E-state index in [1.54, 1.807) is 7.11 Å². The number of aliphatic imine (C=N–C) groups is 1. The predicted molar refractivity (Wildman–Crippen MR) is 75.3 cm³/mol. The highest BCUT2D eigenvalue weighted by atomic mass is 16.5. The number of nitrogens with zero attached hydrogens (tertiary/aromatic N) is 1. The maximum atomic E-state index is 5.55. The van der Waals surface area contributed by atoms with Crippen molar-refractivity contribution >= 4 is 5.96 Å². The highest BCUT2D eigenvalue weighted by molar-refractivity contribution is 5.79. The van der Waals surface area contributed by atoms with Gasteiger partial charge in [0.15, 0.2) is 0 Å². The van der Waals surface area contributed by atoms with Gasteiger partial charge in [-0.2, -0.15) is 0 Å². The van der Waals surface area contributed by atoms with E-state index in [9.17, 15) is 0 Å². The van der Waals surface area contributed by atoms with Crippen LogP contribution in [0, 0.1) is 5.92 Å². The normalized spacial score (nSPS) is 19.9. The van der Waals surface area contributed by atoms with E-state index in [1.165, 1.54) is 32.1 Å². The summed E-state index contributed by atoms with van der Waals surface area (Å²) in [5.41, 5.74) is 2.68. The number of guanidine groups is 1. The molecule has 0 radical (unpaired) electrons. The average Bonchev–Trinajstić information content (AvgIpc) is 2.38. The number of hydrogen-bond donors (Lipinski definition) is 3. The first kappa shape index (κ1) is 15.2. The fraction of sp³-hybridized carbons (Fsp3) is 0.923. The molecule has 4 N–H and O–H groups in total. The summed E-state index contributed by atoms with van der Waals surface area (Å²) in [5, 5.41) is 3.34. The van der Waals surface area contributed by atoms with Crippen LogP contribution in [0.1, 0.15) is 46.0 Å². The zero-order valence-electron chi connectivity index (χ0n) is 11.9. The van der Waals surface area contributed by atoms with Gasteiger partial charge in [0.25, 0.3) is 0 Å². The molecule has 0 aliphatic heterocycles. The molecule has 1 aliphatic rings. The molecule has 1 aliphatic carbocycles. The monoisotopic (exact) mass is 256 g/mol. The maximum absolute atomic E-state index is 5.55. The van der Waals surface area contributed by atoms with Crippen molar-refractivity contribution in [3.63, 3.8) is 0 Å². The van der Waals surface area contributed by atoms with Crippen molar-refractivity contribution < 1.29 is 4.74 Å². The Hall–Kier alpha value is -0.810. The van der Waals surface area contributed by atoms with Gasteiger partial charge >= 0.3 is 0 Å². The van der Waals surface area contributed by atoms with Crippen LogP contribution in [0.5, 0.6) is 0 Å². The molecule has 0 aromatic rings. The van der Waals surface area contributed by atoms with Gasteiger partial charge in [-0.15, -0.1) is 0 Å². The van der Waals surface area contributed by atoms with E-state index in [-0.39, 0.29) is 6.04 Å². The first-order chi connectivity index (χ1) is 8.67. The third-order valence-electron chi connectivity index (χ3n) is 3.50. The van der Waals surface area contributed by atoms with E-state index < -0.39 is 0 Å². The van der Waals surface area contributed by atoms with Crippen LogP contribution in [0.2, 0.25) is 0 Å². The van der Waals surface area contributed by atoms with Crippen molar-refractivity contribution in [3.8, 4) is 0 Å². The van der Waals surface area contributed by atoms with Gasteiger partial charge in [0.1, 0.15) is 0 Å². The third kappa shape index (κ3) is 5.23. The molecule has 0 saturated heterocycles. The van der Waals surface area contributed by atoms with Crippen LogP contribution in [0.4, 0.5) is 0 Å². The summed E-state index contributed by atoms with van der Waals surface area (Å²) < 4.78 is 5.21. The van der Waals surface area contributed by atoms with Gasteiger partial charge in [0, 0.05) is 7.11 Å². The molecular formula is C13H28N4O. The lowest BCUT2D eigenvalue weighted by Crippen LogP contribution is -2.50. The molecule has 106 valence electrons. The van der Waals surface area contributed by atoms with Crippen LogP contribution in [0.15, 0.2) is 4.99 Å². The number of methoxy groups -OCH3 is 1. The highest BCUT2D eigenvalue weighted by Gasteiger charge is 2.17. The second kappa shape index (κ2) is 8.32. The SMILES string of the molecule is COCC(NC(=NC1CCCCC1)NN)C(C)C. The third-order valence-corrected chi connectivity index (χ3v) is 3.50. The predicted octanol–water partition coefficient (Wildman–Crippen LogP) is 1.40. The fourth-order valence-corrected chi connectivity index (χ4v) is 2.26. The number of rotatable bonds is 5. The Balaban J connectivity index is 2.54. The van der Waals surface area contributed by atoms with Gasteiger partial charge in [-0.3, -0.25) is 5.43 Å². The van der Waals surface area contributed by atoms with Gasteiger partial charge in [0.2, 0.25) is 5.96 Å². The lowest BCUT2D eigenvalue weighted by Gasteiger charge is -2.25. The molecule has 0 aromatic carbocycles. The van der Waals surface area contributed by atoms with Gasteiger partial charge in [-0.25, -0.2) is 10.8 Å². The lowest BCUT2D eigenvalue weighted by atomic mass is 9.96. The number of hydrazine groups is 1. The smallest absolute Gasteiger partial charge is 0.206 e. The minimum atomic E-state index is 0.230. The van der Waals surface area contributed by atoms with E-state index in [2.05, 4.69) is 29.6 Å². The van der Waals surface area contributed by atoms with Crippen molar-refractivity contribution in [1.82, 2.24) is 10.7 Å². The van der Waals surface area contributed by atoms with Crippen LogP contribution in [-0.2, 0) is 4.74 Å². The summed E-state index contributed by atoms with van der Waals surface area (Å²) in [6, 6.07) is 0.640. The standard InChI is InChI=1S/C13H28N4O/c1-10(2)12(9-18-3)16-13(17-14)15-11-7-5-4-6-8-11/h10-12H,4-9,14H2,1-3H3,(H2,15,16,17). The Morgan fingerprint density at radius 3 is 2.50 bits per heavy atom. The number of ether oxygens (including phenoxy) is 1. The Labute approximate surface area is 111 Å². The second-order valence-electron chi connectivity index (χ2n) is 5.36. The Kier molecular flexibility index (Phi) is 7.05. The molecule has 1 fully saturated rings. The first-order valence-electron chi connectivity index (χ1n) is 6.97. The average molecular weight is 256 g/mol. The Bertz CT molecular complexity index is 249. The molecule has 1 atom stereocenters. The van der Waals surface area contributed by atoms with E-state index in [1.807, 2.05) is 0 Å². The summed E-state index contributed by atoms with van der Waals surface area (Å²) in [6.45, 7) is 4.97. The Morgan fingerprint density at radius 1 is 1.33 bits per heavy atom. The van der Waals surface area contributed by atoms with Crippen LogP contribution < -0.4 is 16.6 Å². The van der Waals surface area contributed by atoms with Crippen LogP contribution in [-0.4, -0.2) is 31.8 Å². The quantitative estimate of drug-likeness (QED) is 0.301. The summed E-state index contributed by atoms with van der Waals surface area (Å²) in [5.74, 6) is 6.71.